The summed E-state index contributed by atoms with van der Waals surface area (Å²) in [5.74, 6) is 5.35. The van der Waals surface area contributed by atoms with Crippen LogP contribution in [0.2, 0.25) is 0 Å². The minimum atomic E-state index is -0.165. The third kappa shape index (κ3) is 4.67. The van der Waals surface area contributed by atoms with Crippen molar-refractivity contribution in [3.05, 3.63) is 0 Å². The summed E-state index contributed by atoms with van der Waals surface area (Å²) < 4.78 is 12.5. The van der Waals surface area contributed by atoms with E-state index in [1.165, 1.54) is 19.3 Å². The minimum absolute atomic E-state index is 0.165. The zero-order chi connectivity index (χ0) is 9.56. The molecule has 0 fully saturated rings. The highest BCUT2D eigenvalue weighted by molar-refractivity contribution is 4.64. The van der Waals surface area contributed by atoms with E-state index in [4.69, 9.17) is 5.84 Å². The predicted octanol–water partition coefficient (Wildman–Crippen LogP) is 2.65. The second-order valence-corrected chi connectivity index (χ2v) is 3.56. The Morgan fingerprint density at radius 1 is 1.33 bits per heavy atom. The van der Waals surface area contributed by atoms with Crippen molar-refractivity contribution in [2.45, 2.75) is 52.5 Å². The van der Waals surface area contributed by atoms with Gasteiger partial charge in [0.25, 0.3) is 0 Å². The van der Waals surface area contributed by atoms with Crippen molar-refractivity contribution in [1.82, 2.24) is 5.23 Å². The van der Waals surface area contributed by atoms with Crippen molar-refractivity contribution in [3.63, 3.8) is 0 Å². The summed E-state index contributed by atoms with van der Waals surface area (Å²) in [6, 6.07) is -0.165. The first kappa shape index (κ1) is 11.8. The molecule has 0 rings (SSSR count). The van der Waals surface area contributed by atoms with Gasteiger partial charge in [0.2, 0.25) is 0 Å². The zero-order valence-electron chi connectivity index (χ0n) is 8.39. The fourth-order valence-corrected chi connectivity index (χ4v) is 1.20. The highest BCUT2D eigenvalue weighted by atomic mass is 19.2. The molecule has 12 heavy (non-hydrogen) atoms. The molecule has 0 aromatic carbocycles. The summed E-state index contributed by atoms with van der Waals surface area (Å²) in [6.45, 7) is 6.02. The van der Waals surface area contributed by atoms with Crippen LogP contribution in [0.15, 0.2) is 0 Å². The normalized spacial score (nSPS) is 16.5. The molecule has 0 heterocycles. The lowest BCUT2D eigenvalue weighted by Gasteiger charge is -2.21. The Kier molecular flexibility index (Phi) is 6.30. The Labute approximate surface area is 74.8 Å². The Hall–Kier alpha value is -0.150. The highest BCUT2D eigenvalue weighted by Gasteiger charge is 2.16. The topological polar surface area (TPSA) is 29.3 Å². The summed E-state index contributed by atoms with van der Waals surface area (Å²) >= 11 is 0. The van der Waals surface area contributed by atoms with Gasteiger partial charge in [-0.05, 0) is 19.3 Å². The van der Waals surface area contributed by atoms with E-state index < -0.39 is 0 Å². The molecule has 0 saturated heterocycles. The Balaban J connectivity index is 3.49. The van der Waals surface area contributed by atoms with E-state index in [1.807, 2.05) is 13.8 Å². The Morgan fingerprint density at radius 2 is 1.92 bits per heavy atom. The minimum Gasteiger partial charge on any atom is -0.241 e. The van der Waals surface area contributed by atoms with Crippen LogP contribution < -0.4 is 5.84 Å². The molecule has 74 valence electrons. The lowest BCUT2D eigenvalue weighted by molar-refractivity contribution is -0.0381. The molecule has 2 atom stereocenters. The van der Waals surface area contributed by atoms with Crippen LogP contribution in [0, 0.1) is 5.92 Å². The summed E-state index contributed by atoms with van der Waals surface area (Å²) in [7, 11) is 0. The highest BCUT2D eigenvalue weighted by Crippen LogP contribution is 2.15. The molecule has 2 unspecified atom stereocenters. The SMILES string of the molecule is CCCCCC(C)C(C)N(N)F. The second kappa shape index (κ2) is 6.38. The molecular weight excluding hydrogens is 155 g/mol. The Bertz CT molecular complexity index is 107. The van der Waals surface area contributed by atoms with Gasteiger partial charge >= 0.3 is 0 Å². The van der Waals surface area contributed by atoms with Crippen molar-refractivity contribution >= 4 is 0 Å². The van der Waals surface area contributed by atoms with E-state index in [2.05, 4.69) is 6.92 Å². The fraction of sp³-hybridized carbons (Fsp3) is 1.00. The van der Waals surface area contributed by atoms with Crippen molar-refractivity contribution in [2.75, 3.05) is 0 Å². The maximum Gasteiger partial charge on any atom is 0.0558 e. The number of hydrazine groups is 1. The van der Waals surface area contributed by atoms with Crippen LogP contribution in [0.1, 0.15) is 46.5 Å². The number of nitrogens with zero attached hydrogens (tertiary/aromatic N) is 1. The molecule has 3 heteroatoms. The molecular formula is C9H21FN2. The zero-order valence-corrected chi connectivity index (χ0v) is 8.39. The smallest absolute Gasteiger partial charge is 0.0558 e. The average Bonchev–Trinajstić information content (AvgIpc) is 2.03. The predicted molar refractivity (Wildman–Crippen MR) is 49.9 cm³/mol. The molecule has 0 spiro atoms. The second-order valence-electron chi connectivity index (χ2n) is 3.56. The van der Waals surface area contributed by atoms with Crippen molar-refractivity contribution in [3.8, 4) is 0 Å². The molecule has 0 bridgehead atoms. The number of hydrogen-bond donors (Lipinski definition) is 1. The summed E-state index contributed by atoms with van der Waals surface area (Å²) in [4.78, 5) is 0. The molecule has 0 amide bonds. The van der Waals surface area contributed by atoms with E-state index in [0.29, 0.717) is 11.1 Å². The molecule has 2 nitrogen and oxygen atoms in total. The van der Waals surface area contributed by atoms with E-state index in [9.17, 15) is 4.48 Å². The van der Waals surface area contributed by atoms with Crippen LogP contribution in [-0.4, -0.2) is 11.3 Å². The largest absolute Gasteiger partial charge is 0.241 e. The Morgan fingerprint density at radius 3 is 2.33 bits per heavy atom. The molecule has 0 saturated carbocycles. The monoisotopic (exact) mass is 176 g/mol. The fourth-order valence-electron chi connectivity index (χ4n) is 1.20. The average molecular weight is 176 g/mol. The van der Waals surface area contributed by atoms with Crippen LogP contribution in [0.3, 0.4) is 0 Å². The van der Waals surface area contributed by atoms with Gasteiger partial charge in [0, 0.05) is 0 Å². The quantitative estimate of drug-likeness (QED) is 0.292. The number of hydrogen-bond acceptors (Lipinski definition) is 2. The maximum atomic E-state index is 12.5. The first-order valence-corrected chi connectivity index (χ1v) is 4.79. The molecule has 0 aliphatic heterocycles. The van der Waals surface area contributed by atoms with Crippen molar-refractivity contribution in [1.29, 1.82) is 0 Å². The van der Waals surface area contributed by atoms with Crippen LogP contribution in [0.4, 0.5) is 4.48 Å². The number of unbranched alkanes of at least 4 members (excludes halogenated alkanes) is 2. The number of nitrogens with two attached hydrogens (primary N) is 1. The van der Waals surface area contributed by atoms with Crippen molar-refractivity contribution < 1.29 is 4.48 Å². The first-order chi connectivity index (χ1) is 5.59. The first-order valence-electron chi connectivity index (χ1n) is 4.79. The third-order valence-corrected chi connectivity index (χ3v) is 2.48. The van der Waals surface area contributed by atoms with Crippen LogP contribution >= 0.6 is 0 Å². The lowest BCUT2D eigenvalue weighted by Crippen LogP contribution is -2.36. The van der Waals surface area contributed by atoms with Gasteiger partial charge in [-0.3, -0.25) is 0 Å². The molecule has 2 N–H and O–H groups in total. The summed E-state index contributed by atoms with van der Waals surface area (Å²) in [5, 5.41) is 0.316. The maximum absolute atomic E-state index is 12.5. The van der Waals surface area contributed by atoms with E-state index >= 15 is 0 Å². The van der Waals surface area contributed by atoms with E-state index in [0.717, 1.165) is 6.42 Å². The van der Waals surface area contributed by atoms with Gasteiger partial charge in [0.05, 0.1) is 6.04 Å². The number of halogens is 1. The van der Waals surface area contributed by atoms with Gasteiger partial charge < -0.3 is 0 Å². The van der Waals surface area contributed by atoms with Gasteiger partial charge in [0.1, 0.15) is 0 Å². The molecule has 0 radical (unpaired) electrons. The van der Waals surface area contributed by atoms with Crippen molar-refractivity contribution in [2.24, 2.45) is 11.8 Å². The summed E-state index contributed by atoms with van der Waals surface area (Å²) in [5.41, 5.74) is 0. The van der Waals surface area contributed by atoms with Crippen LogP contribution in [0.5, 0.6) is 0 Å². The van der Waals surface area contributed by atoms with Gasteiger partial charge in [-0.1, -0.05) is 38.3 Å². The van der Waals surface area contributed by atoms with Crippen LogP contribution in [0.25, 0.3) is 0 Å². The van der Waals surface area contributed by atoms with Gasteiger partial charge in [0.15, 0.2) is 0 Å². The summed E-state index contributed by atoms with van der Waals surface area (Å²) in [6.07, 6.45) is 4.68. The lowest BCUT2D eigenvalue weighted by atomic mass is 9.97. The standard InChI is InChI=1S/C9H21FN2/c1-4-5-6-7-8(2)9(3)12(10)11/h8-9H,4-7,11H2,1-3H3. The third-order valence-electron chi connectivity index (χ3n) is 2.48. The van der Waals surface area contributed by atoms with Gasteiger partial charge in [-0.25, -0.2) is 5.84 Å². The van der Waals surface area contributed by atoms with E-state index in [-0.39, 0.29) is 6.04 Å². The van der Waals surface area contributed by atoms with Crippen LogP contribution in [-0.2, 0) is 0 Å². The van der Waals surface area contributed by atoms with Gasteiger partial charge in [-0.2, -0.15) is 0 Å². The van der Waals surface area contributed by atoms with E-state index in [1.54, 1.807) is 0 Å². The molecule has 0 aliphatic rings. The molecule has 0 aromatic heterocycles. The molecule has 0 aromatic rings. The van der Waals surface area contributed by atoms with Gasteiger partial charge in [-0.15, -0.1) is 4.48 Å². The molecule has 0 aliphatic carbocycles. The number of rotatable bonds is 6.